The van der Waals surface area contributed by atoms with E-state index in [9.17, 15) is 24.6 Å². The summed E-state index contributed by atoms with van der Waals surface area (Å²) in [5, 5.41) is 20.3. The lowest BCUT2D eigenvalue weighted by Crippen LogP contribution is -2.45. The van der Waals surface area contributed by atoms with Crippen LogP contribution < -0.4 is 11.2 Å². The second-order valence-electron chi connectivity index (χ2n) is 6.49. The summed E-state index contributed by atoms with van der Waals surface area (Å²) in [6, 6.07) is 8.50. The van der Waals surface area contributed by atoms with Gasteiger partial charge in [-0.25, -0.2) is 4.79 Å². The molecule has 1 unspecified atom stereocenters. The molecule has 1 aromatic carbocycles. The standard InChI is InChI=1S/C18H20N2O6/c1-11-9-20(17(25)19-16(11)24)15-7-14(23)18(10-21,26-15)8-13(22)12-5-3-2-4-6-12/h2-6,9,14-15,21,23H,7-8,10H2,1H3,(H,19,24,25)/t14?,15-,18-/m1/s1. The molecule has 3 atom stereocenters. The summed E-state index contributed by atoms with van der Waals surface area (Å²) in [6.45, 7) is 0.957. The molecule has 8 heteroatoms. The van der Waals surface area contributed by atoms with Gasteiger partial charge in [-0.05, 0) is 6.92 Å². The molecule has 3 N–H and O–H groups in total. The van der Waals surface area contributed by atoms with Crippen molar-refractivity contribution < 1.29 is 19.7 Å². The van der Waals surface area contributed by atoms with Crippen LogP contribution in [0, 0.1) is 6.92 Å². The summed E-state index contributed by atoms with van der Waals surface area (Å²) in [5.74, 6) is -0.288. The number of nitrogens with one attached hydrogen (secondary N) is 1. The number of H-pyrrole nitrogens is 1. The molecule has 2 aromatic rings. The third-order valence-corrected chi connectivity index (χ3v) is 4.68. The van der Waals surface area contributed by atoms with Crippen LogP contribution >= 0.6 is 0 Å². The van der Waals surface area contributed by atoms with Gasteiger partial charge in [0.15, 0.2) is 5.78 Å². The van der Waals surface area contributed by atoms with Gasteiger partial charge in [0.1, 0.15) is 11.8 Å². The minimum absolute atomic E-state index is 0.00796. The molecule has 0 saturated carbocycles. The average molecular weight is 360 g/mol. The largest absolute Gasteiger partial charge is 0.393 e. The van der Waals surface area contributed by atoms with Crippen LogP contribution in [0.4, 0.5) is 0 Å². The molecule has 1 aliphatic heterocycles. The van der Waals surface area contributed by atoms with Gasteiger partial charge < -0.3 is 14.9 Å². The Kier molecular flexibility index (Phi) is 4.90. The zero-order valence-corrected chi connectivity index (χ0v) is 14.2. The maximum Gasteiger partial charge on any atom is 0.330 e. The molecule has 0 spiro atoms. The smallest absolute Gasteiger partial charge is 0.330 e. The molecule has 1 fully saturated rings. The number of aliphatic hydroxyl groups is 2. The molecule has 1 aliphatic rings. The van der Waals surface area contributed by atoms with Crippen LogP contribution in [0.15, 0.2) is 46.1 Å². The van der Waals surface area contributed by atoms with Crippen molar-refractivity contribution in [3.8, 4) is 0 Å². The van der Waals surface area contributed by atoms with Crippen LogP contribution in [-0.4, -0.2) is 43.9 Å². The van der Waals surface area contributed by atoms with E-state index in [0.29, 0.717) is 11.1 Å². The average Bonchev–Trinajstić information content (AvgIpc) is 2.95. The van der Waals surface area contributed by atoms with Gasteiger partial charge in [-0.3, -0.25) is 19.1 Å². The van der Waals surface area contributed by atoms with Crippen molar-refractivity contribution in [1.82, 2.24) is 9.55 Å². The van der Waals surface area contributed by atoms with Gasteiger partial charge in [0.25, 0.3) is 5.56 Å². The number of ether oxygens (including phenoxy) is 1. The predicted octanol–water partition coefficient (Wildman–Crippen LogP) is 0.129. The van der Waals surface area contributed by atoms with Crippen LogP contribution in [0.5, 0.6) is 0 Å². The third-order valence-electron chi connectivity index (χ3n) is 4.68. The van der Waals surface area contributed by atoms with Gasteiger partial charge in [0, 0.05) is 30.2 Å². The molecule has 138 valence electrons. The van der Waals surface area contributed by atoms with Gasteiger partial charge in [-0.15, -0.1) is 0 Å². The highest BCUT2D eigenvalue weighted by Crippen LogP contribution is 2.39. The summed E-state index contributed by atoms with van der Waals surface area (Å²) in [6.07, 6.45) is -0.936. The maximum atomic E-state index is 12.5. The molecule has 3 rings (SSSR count). The Morgan fingerprint density at radius 1 is 1.35 bits per heavy atom. The van der Waals surface area contributed by atoms with E-state index in [2.05, 4.69) is 4.98 Å². The molecule has 1 aromatic heterocycles. The number of benzene rings is 1. The summed E-state index contributed by atoms with van der Waals surface area (Å²) < 4.78 is 6.94. The minimum atomic E-state index is -1.51. The van der Waals surface area contributed by atoms with E-state index in [4.69, 9.17) is 4.74 Å². The third kappa shape index (κ3) is 3.26. The molecular formula is C18H20N2O6. The summed E-state index contributed by atoms with van der Waals surface area (Å²) in [7, 11) is 0. The van der Waals surface area contributed by atoms with E-state index in [1.54, 1.807) is 37.3 Å². The number of hydrogen-bond acceptors (Lipinski definition) is 6. The quantitative estimate of drug-likeness (QED) is 0.652. The summed E-state index contributed by atoms with van der Waals surface area (Å²) in [4.78, 5) is 38.2. The molecular weight excluding hydrogens is 340 g/mol. The molecule has 0 radical (unpaired) electrons. The molecule has 0 aliphatic carbocycles. The molecule has 1 saturated heterocycles. The van der Waals surface area contributed by atoms with Crippen molar-refractivity contribution in [3.05, 3.63) is 68.5 Å². The Morgan fingerprint density at radius 3 is 2.69 bits per heavy atom. The number of ketones is 1. The highest BCUT2D eigenvalue weighted by molar-refractivity contribution is 5.96. The van der Waals surface area contributed by atoms with E-state index in [1.165, 1.54) is 6.20 Å². The lowest BCUT2D eigenvalue weighted by Gasteiger charge is -2.29. The number of aryl methyl sites for hydroxylation is 1. The van der Waals surface area contributed by atoms with Gasteiger partial charge >= 0.3 is 5.69 Å². The van der Waals surface area contributed by atoms with Crippen LogP contribution in [0.1, 0.15) is 35.0 Å². The summed E-state index contributed by atoms with van der Waals surface area (Å²) >= 11 is 0. The van der Waals surface area contributed by atoms with Crippen LogP contribution in [-0.2, 0) is 4.74 Å². The van der Waals surface area contributed by atoms with Gasteiger partial charge in [-0.1, -0.05) is 30.3 Å². The summed E-state index contributed by atoms with van der Waals surface area (Å²) in [5.41, 5.74) is -1.94. The Hall–Kier alpha value is -2.55. The fourth-order valence-corrected chi connectivity index (χ4v) is 3.13. The molecule has 26 heavy (non-hydrogen) atoms. The maximum absolute atomic E-state index is 12.5. The number of nitrogens with zero attached hydrogens (tertiary/aromatic N) is 1. The first-order chi connectivity index (χ1) is 12.4. The fraction of sp³-hybridized carbons (Fsp3) is 0.389. The zero-order chi connectivity index (χ0) is 18.9. The van der Waals surface area contributed by atoms with Crippen LogP contribution in [0.3, 0.4) is 0 Å². The van der Waals surface area contributed by atoms with Crippen molar-refractivity contribution in [3.63, 3.8) is 0 Å². The number of Topliss-reactive ketones (excluding diaryl/α,β-unsaturated/α-hetero) is 1. The Balaban J connectivity index is 1.88. The Bertz CT molecular complexity index is 919. The molecule has 8 nitrogen and oxygen atoms in total. The number of hydrogen-bond donors (Lipinski definition) is 3. The van der Waals surface area contributed by atoms with E-state index >= 15 is 0 Å². The number of aromatic amines is 1. The van der Waals surface area contributed by atoms with Crippen molar-refractivity contribution in [2.75, 3.05) is 6.61 Å². The Labute approximate surface area is 148 Å². The number of carbonyl (C=O) groups excluding carboxylic acids is 1. The number of aromatic nitrogens is 2. The van der Waals surface area contributed by atoms with Gasteiger partial charge in [-0.2, -0.15) is 0 Å². The van der Waals surface area contributed by atoms with Crippen molar-refractivity contribution in [2.45, 2.75) is 37.7 Å². The van der Waals surface area contributed by atoms with Crippen molar-refractivity contribution in [1.29, 1.82) is 0 Å². The van der Waals surface area contributed by atoms with E-state index in [0.717, 1.165) is 4.57 Å². The minimum Gasteiger partial charge on any atom is -0.393 e. The lowest BCUT2D eigenvalue weighted by molar-refractivity contribution is -0.126. The first kappa shape index (κ1) is 18.2. The second-order valence-corrected chi connectivity index (χ2v) is 6.49. The SMILES string of the molecule is Cc1cn([C@H]2CC(O)[C@](CO)(CC(=O)c3ccccc3)O2)c(=O)[nH]c1=O. The molecule has 2 heterocycles. The topological polar surface area (TPSA) is 122 Å². The van der Waals surface area contributed by atoms with Crippen molar-refractivity contribution in [2.24, 2.45) is 0 Å². The predicted molar refractivity (Wildman–Crippen MR) is 92.0 cm³/mol. The number of aliphatic hydroxyl groups excluding tert-OH is 2. The van der Waals surface area contributed by atoms with E-state index < -0.39 is 35.8 Å². The van der Waals surface area contributed by atoms with E-state index in [1.807, 2.05) is 0 Å². The zero-order valence-electron chi connectivity index (χ0n) is 14.2. The first-order valence-corrected chi connectivity index (χ1v) is 8.23. The van der Waals surface area contributed by atoms with Gasteiger partial charge in [0.05, 0.1) is 12.7 Å². The highest BCUT2D eigenvalue weighted by Gasteiger charge is 2.50. The van der Waals surface area contributed by atoms with Crippen LogP contribution in [0.25, 0.3) is 0 Å². The number of rotatable bonds is 5. The first-order valence-electron chi connectivity index (χ1n) is 8.23. The highest BCUT2D eigenvalue weighted by atomic mass is 16.6. The van der Waals surface area contributed by atoms with Crippen molar-refractivity contribution >= 4 is 5.78 Å². The monoisotopic (exact) mass is 360 g/mol. The normalized spacial score (nSPS) is 25.3. The van der Waals surface area contributed by atoms with Crippen LogP contribution in [0.2, 0.25) is 0 Å². The lowest BCUT2D eigenvalue weighted by atomic mass is 9.89. The van der Waals surface area contributed by atoms with E-state index in [-0.39, 0.29) is 18.6 Å². The molecule has 0 amide bonds. The Morgan fingerprint density at radius 2 is 2.04 bits per heavy atom. The second kappa shape index (κ2) is 6.99. The fourth-order valence-electron chi connectivity index (χ4n) is 3.13. The van der Waals surface area contributed by atoms with Gasteiger partial charge in [0.2, 0.25) is 0 Å². The number of carbonyl (C=O) groups is 1. The molecule has 0 bridgehead atoms.